The average molecular weight is 314 g/mol. The van der Waals surface area contributed by atoms with Crippen LogP contribution in [0.25, 0.3) is 5.65 Å². The first-order valence-electron chi connectivity index (χ1n) is 7.03. The van der Waals surface area contributed by atoms with Crippen LogP contribution in [0.1, 0.15) is 5.56 Å². The zero-order valence-electron chi connectivity index (χ0n) is 12.6. The van der Waals surface area contributed by atoms with E-state index in [1.807, 2.05) is 25.2 Å². The number of pyridine rings is 1. The van der Waals surface area contributed by atoms with E-state index in [2.05, 4.69) is 40.5 Å². The lowest BCUT2D eigenvalue weighted by atomic mass is 10.2. The molecular formula is C16H18N4OS. The van der Waals surface area contributed by atoms with E-state index >= 15 is 0 Å². The standard InChI is InChI=1S/C16H18N4OS/c1-18(11-13-6-8-14(22-2)9-7-13)12-20-16(21)19-10-4-3-5-15(19)17-20/h3-10H,11-12H2,1-2H3. The van der Waals surface area contributed by atoms with E-state index in [4.69, 9.17) is 0 Å². The van der Waals surface area contributed by atoms with E-state index in [1.165, 1.54) is 15.1 Å². The predicted molar refractivity (Wildman–Crippen MR) is 89.1 cm³/mol. The highest BCUT2D eigenvalue weighted by Crippen LogP contribution is 2.15. The molecule has 0 saturated carbocycles. The minimum atomic E-state index is -0.111. The molecule has 0 bridgehead atoms. The van der Waals surface area contributed by atoms with Crippen LogP contribution in [0.4, 0.5) is 0 Å². The third kappa shape index (κ3) is 3.08. The molecule has 5 nitrogen and oxygen atoms in total. The number of fused-ring (bicyclic) bond motifs is 1. The zero-order chi connectivity index (χ0) is 15.5. The van der Waals surface area contributed by atoms with Gasteiger partial charge in [-0.05, 0) is 43.1 Å². The fourth-order valence-electron chi connectivity index (χ4n) is 2.38. The third-order valence-corrected chi connectivity index (χ3v) is 4.22. The van der Waals surface area contributed by atoms with Gasteiger partial charge in [-0.15, -0.1) is 16.9 Å². The van der Waals surface area contributed by atoms with Crippen molar-refractivity contribution in [1.29, 1.82) is 0 Å². The Morgan fingerprint density at radius 2 is 1.95 bits per heavy atom. The van der Waals surface area contributed by atoms with Gasteiger partial charge in [0, 0.05) is 17.6 Å². The first-order chi connectivity index (χ1) is 10.7. The van der Waals surface area contributed by atoms with Crippen LogP contribution in [0.15, 0.2) is 58.4 Å². The number of aromatic nitrogens is 3. The van der Waals surface area contributed by atoms with Crippen molar-refractivity contribution in [3.8, 4) is 0 Å². The molecule has 0 unspecified atom stereocenters. The van der Waals surface area contributed by atoms with Gasteiger partial charge in [0.1, 0.15) is 0 Å². The number of benzene rings is 1. The Balaban J connectivity index is 1.73. The number of hydrogen-bond acceptors (Lipinski definition) is 4. The van der Waals surface area contributed by atoms with E-state index in [9.17, 15) is 4.79 Å². The van der Waals surface area contributed by atoms with Gasteiger partial charge in [0.2, 0.25) is 0 Å². The van der Waals surface area contributed by atoms with Crippen molar-refractivity contribution < 1.29 is 0 Å². The van der Waals surface area contributed by atoms with Crippen molar-refractivity contribution in [1.82, 2.24) is 19.1 Å². The summed E-state index contributed by atoms with van der Waals surface area (Å²) in [5, 5.41) is 4.34. The first kappa shape index (κ1) is 14.9. The summed E-state index contributed by atoms with van der Waals surface area (Å²) in [6, 6.07) is 14.0. The molecular weight excluding hydrogens is 296 g/mol. The molecule has 1 aromatic carbocycles. The van der Waals surface area contributed by atoms with Crippen LogP contribution in [0, 0.1) is 0 Å². The molecule has 0 aliphatic heterocycles. The minimum Gasteiger partial charge on any atom is -0.283 e. The van der Waals surface area contributed by atoms with Crippen LogP contribution < -0.4 is 5.69 Å². The van der Waals surface area contributed by atoms with Crippen LogP contribution in [0.3, 0.4) is 0 Å². The summed E-state index contributed by atoms with van der Waals surface area (Å²) in [4.78, 5) is 15.6. The largest absolute Gasteiger partial charge is 0.351 e. The molecule has 0 amide bonds. The Bertz CT molecular complexity index is 822. The van der Waals surface area contributed by atoms with Crippen molar-refractivity contribution in [2.24, 2.45) is 0 Å². The molecule has 0 spiro atoms. The Hall–Kier alpha value is -2.05. The van der Waals surface area contributed by atoms with E-state index in [0.29, 0.717) is 12.3 Å². The lowest BCUT2D eigenvalue weighted by Gasteiger charge is -2.16. The fourth-order valence-corrected chi connectivity index (χ4v) is 2.79. The molecule has 114 valence electrons. The molecule has 2 heterocycles. The van der Waals surface area contributed by atoms with E-state index in [0.717, 1.165) is 6.54 Å². The van der Waals surface area contributed by atoms with Crippen molar-refractivity contribution in [3.05, 3.63) is 64.7 Å². The summed E-state index contributed by atoms with van der Waals surface area (Å²) >= 11 is 1.73. The van der Waals surface area contributed by atoms with Crippen molar-refractivity contribution >= 4 is 17.4 Å². The summed E-state index contributed by atoms with van der Waals surface area (Å²) < 4.78 is 3.05. The number of thioether (sulfide) groups is 1. The van der Waals surface area contributed by atoms with Gasteiger partial charge in [0.15, 0.2) is 5.65 Å². The Labute approximate surface area is 133 Å². The van der Waals surface area contributed by atoms with E-state index in [-0.39, 0.29) is 5.69 Å². The molecule has 2 aromatic heterocycles. The van der Waals surface area contributed by atoms with Gasteiger partial charge in [0.05, 0.1) is 6.67 Å². The second-order valence-corrected chi connectivity index (χ2v) is 6.09. The Morgan fingerprint density at radius 1 is 1.18 bits per heavy atom. The summed E-state index contributed by atoms with van der Waals surface area (Å²) in [6.07, 6.45) is 3.80. The van der Waals surface area contributed by atoms with Crippen LogP contribution in [-0.4, -0.2) is 32.4 Å². The summed E-state index contributed by atoms with van der Waals surface area (Å²) in [5.74, 6) is 0. The Morgan fingerprint density at radius 3 is 2.64 bits per heavy atom. The van der Waals surface area contributed by atoms with Gasteiger partial charge in [0.25, 0.3) is 0 Å². The summed E-state index contributed by atoms with van der Waals surface area (Å²) in [6.45, 7) is 1.24. The van der Waals surface area contributed by atoms with Gasteiger partial charge < -0.3 is 0 Å². The molecule has 0 saturated heterocycles. The van der Waals surface area contributed by atoms with Gasteiger partial charge in [-0.25, -0.2) is 4.79 Å². The molecule has 0 fully saturated rings. The monoisotopic (exact) mass is 314 g/mol. The molecule has 0 N–H and O–H groups in total. The average Bonchev–Trinajstić information content (AvgIpc) is 2.84. The lowest BCUT2D eigenvalue weighted by Crippen LogP contribution is -2.30. The maximum absolute atomic E-state index is 12.2. The smallest absolute Gasteiger partial charge is 0.283 e. The highest BCUT2D eigenvalue weighted by atomic mass is 32.2. The first-order valence-corrected chi connectivity index (χ1v) is 8.25. The molecule has 3 aromatic rings. The van der Waals surface area contributed by atoms with Gasteiger partial charge in [-0.2, -0.15) is 4.68 Å². The lowest BCUT2D eigenvalue weighted by molar-refractivity contribution is 0.242. The van der Waals surface area contributed by atoms with Gasteiger partial charge >= 0.3 is 5.69 Å². The van der Waals surface area contributed by atoms with Crippen molar-refractivity contribution in [2.45, 2.75) is 18.1 Å². The topological polar surface area (TPSA) is 42.5 Å². The number of rotatable bonds is 5. The molecule has 0 atom stereocenters. The third-order valence-electron chi connectivity index (χ3n) is 3.48. The molecule has 22 heavy (non-hydrogen) atoms. The fraction of sp³-hybridized carbons (Fsp3) is 0.250. The van der Waals surface area contributed by atoms with E-state index < -0.39 is 0 Å². The maximum atomic E-state index is 12.2. The molecule has 0 radical (unpaired) electrons. The Kier molecular flexibility index (Phi) is 4.31. The minimum absolute atomic E-state index is 0.111. The molecule has 3 rings (SSSR count). The van der Waals surface area contributed by atoms with Crippen LogP contribution in [-0.2, 0) is 13.2 Å². The normalized spacial score (nSPS) is 11.4. The second kappa shape index (κ2) is 6.37. The molecule has 0 aliphatic rings. The van der Waals surface area contributed by atoms with Gasteiger partial charge in [-0.1, -0.05) is 18.2 Å². The van der Waals surface area contributed by atoms with Crippen molar-refractivity contribution in [3.63, 3.8) is 0 Å². The maximum Gasteiger partial charge on any atom is 0.351 e. The summed E-state index contributed by atoms with van der Waals surface area (Å²) in [7, 11) is 1.99. The van der Waals surface area contributed by atoms with Crippen LogP contribution >= 0.6 is 11.8 Å². The van der Waals surface area contributed by atoms with Crippen molar-refractivity contribution in [2.75, 3.05) is 13.3 Å². The second-order valence-electron chi connectivity index (χ2n) is 5.21. The SMILES string of the molecule is CSc1ccc(CN(C)Cn2nc3ccccn3c2=O)cc1. The van der Waals surface area contributed by atoms with Gasteiger partial charge in [-0.3, -0.25) is 9.30 Å². The molecule has 6 heteroatoms. The molecule has 0 aliphatic carbocycles. The van der Waals surface area contributed by atoms with E-state index in [1.54, 1.807) is 22.4 Å². The zero-order valence-corrected chi connectivity index (χ0v) is 13.5. The quantitative estimate of drug-likeness (QED) is 0.678. The highest BCUT2D eigenvalue weighted by Gasteiger charge is 2.08. The van der Waals surface area contributed by atoms with Crippen LogP contribution in [0.5, 0.6) is 0 Å². The number of nitrogens with zero attached hydrogens (tertiary/aromatic N) is 4. The summed E-state index contributed by atoms with van der Waals surface area (Å²) in [5.41, 5.74) is 1.78. The van der Waals surface area contributed by atoms with Crippen LogP contribution in [0.2, 0.25) is 0 Å². The highest BCUT2D eigenvalue weighted by molar-refractivity contribution is 7.98. The number of hydrogen-bond donors (Lipinski definition) is 0. The predicted octanol–water partition coefficient (Wildman–Crippen LogP) is 2.31.